The number of nitrogens with zero attached hydrogens (tertiary/aromatic N) is 5. The van der Waals surface area contributed by atoms with Gasteiger partial charge in [-0.15, -0.1) is 10.2 Å². The van der Waals surface area contributed by atoms with E-state index >= 15 is 0 Å². The van der Waals surface area contributed by atoms with Crippen molar-refractivity contribution in [2.24, 2.45) is 0 Å². The van der Waals surface area contributed by atoms with E-state index in [9.17, 15) is 4.39 Å². The fourth-order valence-electron chi connectivity index (χ4n) is 3.28. The first-order chi connectivity index (χ1) is 14.6. The molecule has 7 nitrogen and oxygen atoms in total. The first-order valence-electron chi connectivity index (χ1n) is 9.16. The molecule has 0 N–H and O–H groups in total. The molecule has 5 rings (SSSR count). The van der Waals surface area contributed by atoms with Crippen molar-refractivity contribution in [3.63, 3.8) is 0 Å². The summed E-state index contributed by atoms with van der Waals surface area (Å²) in [6.45, 7) is 2.05. The zero-order chi connectivity index (χ0) is 20.7. The molecule has 0 bridgehead atoms. The normalized spacial score (nSPS) is 11.4. The minimum absolute atomic E-state index is 0.309. The zero-order valence-corrected chi connectivity index (χ0v) is 17.0. The Morgan fingerprint density at radius 3 is 2.73 bits per heavy atom. The van der Waals surface area contributed by atoms with Crippen LogP contribution in [0.3, 0.4) is 0 Å². The van der Waals surface area contributed by atoms with Gasteiger partial charge in [-0.05, 0) is 55.0 Å². The van der Waals surface area contributed by atoms with Gasteiger partial charge in [0.25, 0.3) is 0 Å². The molecule has 0 aliphatic carbocycles. The molecule has 0 atom stereocenters. The molecule has 9 heteroatoms. The van der Waals surface area contributed by atoms with Gasteiger partial charge in [-0.2, -0.15) is 4.98 Å². The fourth-order valence-corrected chi connectivity index (χ4v) is 4.07. The number of rotatable bonds is 5. The fraction of sp³-hybridized carbons (Fsp3) is 0.143. The van der Waals surface area contributed by atoms with Crippen LogP contribution in [0.15, 0.2) is 58.2 Å². The molecular formula is C21H16FN5O2S. The van der Waals surface area contributed by atoms with E-state index in [2.05, 4.69) is 20.3 Å². The number of ether oxygens (including phenoxy) is 1. The number of pyridine rings is 1. The average Bonchev–Trinajstić information content (AvgIpc) is 3.39. The van der Waals surface area contributed by atoms with Gasteiger partial charge in [0, 0.05) is 17.0 Å². The van der Waals surface area contributed by atoms with E-state index in [0.29, 0.717) is 28.2 Å². The third kappa shape index (κ3) is 3.26. The molecule has 0 saturated carbocycles. The Morgan fingerprint density at radius 2 is 1.93 bits per heavy atom. The molecule has 0 fully saturated rings. The van der Waals surface area contributed by atoms with Crippen molar-refractivity contribution in [3.8, 4) is 17.1 Å². The highest BCUT2D eigenvalue weighted by Crippen LogP contribution is 2.30. The van der Waals surface area contributed by atoms with Crippen LogP contribution in [0.4, 0.5) is 4.39 Å². The van der Waals surface area contributed by atoms with Crippen LogP contribution in [0, 0.1) is 12.7 Å². The summed E-state index contributed by atoms with van der Waals surface area (Å²) < 4.78 is 25.8. The molecule has 0 radical (unpaired) electrons. The van der Waals surface area contributed by atoms with Crippen LogP contribution in [0.2, 0.25) is 0 Å². The van der Waals surface area contributed by atoms with Crippen LogP contribution in [-0.2, 0) is 5.75 Å². The summed E-state index contributed by atoms with van der Waals surface area (Å²) in [7, 11) is 1.64. The second-order valence-corrected chi connectivity index (χ2v) is 7.64. The molecule has 0 aliphatic heterocycles. The van der Waals surface area contributed by atoms with Crippen molar-refractivity contribution >= 4 is 28.3 Å². The summed E-state index contributed by atoms with van der Waals surface area (Å²) in [4.78, 5) is 4.39. The van der Waals surface area contributed by atoms with Gasteiger partial charge in [0.2, 0.25) is 11.7 Å². The Labute approximate surface area is 174 Å². The quantitative estimate of drug-likeness (QED) is 0.381. The molecule has 2 aromatic carbocycles. The SMILES string of the molecule is COc1ccc2c(C)cc3nnc(SCc4nc(-c5ccc(F)cc5)no4)n3c2c1. The third-order valence-corrected chi connectivity index (χ3v) is 5.68. The average molecular weight is 421 g/mol. The minimum atomic E-state index is -0.309. The van der Waals surface area contributed by atoms with E-state index < -0.39 is 0 Å². The Morgan fingerprint density at radius 1 is 1.10 bits per heavy atom. The number of hydrogen-bond donors (Lipinski definition) is 0. The molecule has 0 saturated heterocycles. The topological polar surface area (TPSA) is 78.3 Å². The predicted molar refractivity (Wildman–Crippen MR) is 111 cm³/mol. The van der Waals surface area contributed by atoms with Crippen molar-refractivity contribution in [1.29, 1.82) is 0 Å². The summed E-state index contributed by atoms with van der Waals surface area (Å²) in [5.74, 6) is 1.75. The molecule has 5 aromatic rings. The van der Waals surface area contributed by atoms with E-state index in [4.69, 9.17) is 9.26 Å². The summed E-state index contributed by atoms with van der Waals surface area (Å²) in [6.07, 6.45) is 0. The van der Waals surface area contributed by atoms with Gasteiger partial charge in [-0.25, -0.2) is 4.39 Å². The van der Waals surface area contributed by atoms with E-state index in [1.165, 1.54) is 23.9 Å². The first kappa shape index (κ1) is 18.6. The molecular weight excluding hydrogens is 405 g/mol. The number of aromatic nitrogens is 5. The van der Waals surface area contributed by atoms with Crippen LogP contribution in [0.1, 0.15) is 11.5 Å². The number of fused-ring (bicyclic) bond motifs is 3. The van der Waals surface area contributed by atoms with Gasteiger partial charge in [0.05, 0.1) is 18.4 Å². The maximum Gasteiger partial charge on any atom is 0.237 e. The van der Waals surface area contributed by atoms with Gasteiger partial charge in [0.1, 0.15) is 11.6 Å². The van der Waals surface area contributed by atoms with E-state index in [0.717, 1.165) is 27.9 Å². The summed E-state index contributed by atoms with van der Waals surface area (Å²) >= 11 is 1.45. The number of hydrogen-bond acceptors (Lipinski definition) is 7. The molecule has 3 aromatic heterocycles. The maximum absolute atomic E-state index is 13.1. The predicted octanol–water partition coefficient (Wildman–Crippen LogP) is 4.68. The summed E-state index contributed by atoms with van der Waals surface area (Å²) in [5.41, 5.74) is 3.53. The number of methoxy groups -OCH3 is 1. The van der Waals surface area contributed by atoms with Crippen molar-refractivity contribution < 1.29 is 13.7 Å². The number of benzene rings is 2. The number of aryl methyl sites for hydroxylation is 1. The Hall–Kier alpha value is -3.46. The monoisotopic (exact) mass is 421 g/mol. The van der Waals surface area contributed by atoms with Crippen molar-refractivity contribution in [2.75, 3.05) is 7.11 Å². The molecule has 0 spiro atoms. The lowest BCUT2D eigenvalue weighted by molar-refractivity contribution is 0.391. The third-order valence-electron chi connectivity index (χ3n) is 4.77. The lowest BCUT2D eigenvalue weighted by Gasteiger charge is -2.09. The Balaban J connectivity index is 1.46. The molecule has 30 heavy (non-hydrogen) atoms. The standard InChI is InChI=1S/C21H16FN5O2S/c1-12-9-18-24-25-21(27(18)17-10-15(28-2)7-8-16(12)17)30-11-19-23-20(26-29-19)13-3-5-14(22)6-4-13/h3-10H,11H2,1-2H3. The maximum atomic E-state index is 13.1. The van der Waals surface area contributed by atoms with Crippen LogP contribution < -0.4 is 4.74 Å². The summed E-state index contributed by atoms with van der Waals surface area (Å²) in [6, 6.07) is 13.9. The number of halogens is 1. The number of thioether (sulfide) groups is 1. The van der Waals surface area contributed by atoms with Crippen LogP contribution >= 0.6 is 11.8 Å². The van der Waals surface area contributed by atoms with Gasteiger partial charge in [-0.3, -0.25) is 4.40 Å². The highest BCUT2D eigenvalue weighted by molar-refractivity contribution is 7.98. The van der Waals surface area contributed by atoms with Gasteiger partial charge in [0.15, 0.2) is 10.8 Å². The molecule has 0 amide bonds. The second kappa shape index (κ2) is 7.42. The Bertz CT molecular complexity index is 1360. The summed E-state index contributed by atoms with van der Waals surface area (Å²) in [5, 5.41) is 14.4. The lowest BCUT2D eigenvalue weighted by atomic mass is 10.1. The van der Waals surface area contributed by atoms with E-state index in [-0.39, 0.29) is 5.82 Å². The van der Waals surface area contributed by atoms with E-state index in [1.807, 2.05) is 35.6 Å². The molecule has 150 valence electrons. The van der Waals surface area contributed by atoms with Gasteiger partial charge in [-0.1, -0.05) is 16.9 Å². The molecule has 0 aliphatic rings. The Kier molecular flexibility index (Phi) is 4.59. The highest BCUT2D eigenvalue weighted by Gasteiger charge is 2.15. The van der Waals surface area contributed by atoms with Crippen molar-refractivity contribution in [3.05, 3.63) is 65.8 Å². The van der Waals surface area contributed by atoms with E-state index in [1.54, 1.807) is 19.2 Å². The second-order valence-electron chi connectivity index (χ2n) is 6.69. The van der Waals surface area contributed by atoms with Gasteiger partial charge < -0.3 is 9.26 Å². The minimum Gasteiger partial charge on any atom is -0.497 e. The molecule has 0 unspecified atom stereocenters. The smallest absolute Gasteiger partial charge is 0.237 e. The zero-order valence-electron chi connectivity index (χ0n) is 16.2. The van der Waals surface area contributed by atoms with Crippen molar-refractivity contribution in [1.82, 2.24) is 24.7 Å². The van der Waals surface area contributed by atoms with Crippen LogP contribution in [-0.4, -0.2) is 31.8 Å². The van der Waals surface area contributed by atoms with Crippen LogP contribution in [0.5, 0.6) is 5.75 Å². The largest absolute Gasteiger partial charge is 0.497 e. The van der Waals surface area contributed by atoms with Crippen LogP contribution in [0.25, 0.3) is 27.9 Å². The van der Waals surface area contributed by atoms with Crippen molar-refractivity contribution in [2.45, 2.75) is 17.8 Å². The highest BCUT2D eigenvalue weighted by atomic mass is 32.2. The molecule has 3 heterocycles. The van der Waals surface area contributed by atoms with Gasteiger partial charge >= 0.3 is 0 Å². The first-order valence-corrected chi connectivity index (χ1v) is 10.1. The lowest BCUT2D eigenvalue weighted by Crippen LogP contribution is -1.95.